The number of aromatic carboxylic acids is 1. The Hall–Kier alpha value is -1.78. The van der Waals surface area contributed by atoms with Gasteiger partial charge in [-0.3, -0.25) is 0 Å². The molecule has 12 heavy (non-hydrogen) atoms. The second-order valence-electron chi connectivity index (χ2n) is 1.87. The molecule has 1 N–H and O–H groups in total. The SMILES string of the molecule is N#CC#Cc1cc(C(=O)O)cs1. The molecule has 0 saturated carbocycles. The molecule has 3 nitrogen and oxygen atoms in total. The van der Waals surface area contributed by atoms with Gasteiger partial charge in [-0.05, 0) is 12.0 Å². The van der Waals surface area contributed by atoms with Gasteiger partial charge in [-0.2, -0.15) is 5.26 Å². The molecule has 0 spiro atoms. The fourth-order valence-corrected chi connectivity index (χ4v) is 1.33. The molecule has 1 aromatic rings. The first kappa shape index (κ1) is 8.32. The first-order chi connectivity index (χ1) is 5.74. The number of hydrogen-bond acceptors (Lipinski definition) is 3. The van der Waals surface area contributed by atoms with Crippen molar-refractivity contribution in [3.63, 3.8) is 0 Å². The molecule has 0 aromatic carbocycles. The van der Waals surface area contributed by atoms with E-state index < -0.39 is 5.97 Å². The molecule has 58 valence electrons. The van der Waals surface area contributed by atoms with E-state index in [1.807, 2.05) is 0 Å². The predicted octanol–water partition coefficient (Wildman–Crippen LogP) is 1.32. The Morgan fingerprint density at radius 1 is 1.67 bits per heavy atom. The van der Waals surface area contributed by atoms with Gasteiger partial charge in [0, 0.05) is 11.3 Å². The van der Waals surface area contributed by atoms with Crippen LogP contribution < -0.4 is 0 Å². The van der Waals surface area contributed by atoms with Crippen LogP contribution in [0, 0.1) is 23.2 Å². The van der Waals surface area contributed by atoms with Gasteiger partial charge in [0.25, 0.3) is 0 Å². The summed E-state index contributed by atoms with van der Waals surface area (Å²) in [6.45, 7) is 0. The van der Waals surface area contributed by atoms with Crippen molar-refractivity contribution in [1.82, 2.24) is 0 Å². The summed E-state index contributed by atoms with van der Waals surface area (Å²) in [7, 11) is 0. The van der Waals surface area contributed by atoms with Crippen molar-refractivity contribution in [2.75, 3.05) is 0 Å². The van der Waals surface area contributed by atoms with E-state index in [1.165, 1.54) is 22.8 Å². The average Bonchev–Trinajstić information content (AvgIpc) is 2.48. The quantitative estimate of drug-likeness (QED) is 0.658. The zero-order valence-electron chi connectivity index (χ0n) is 5.87. The van der Waals surface area contributed by atoms with Crippen LogP contribution >= 0.6 is 11.3 Å². The summed E-state index contributed by atoms with van der Waals surface area (Å²) in [5.41, 5.74) is 0.210. The molecule has 0 atom stereocenters. The highest BCUT2D eigenvalue weighted by Gasteiger charge is 2.03. The number of nitriles is 1. The number of nitrogens with zero attached hydrogens (tertiary/aromatic N) is 1. The maximum absolute atomic E-state index is 10.4. The summed E-state index contributed by atoms with van der Waals surface area (Å²) in [5, 5.41) is 18.1. The van der Waals surface area contributed by atoms with Gasteiger partial charge in [0.2, 0.25) is 0 Å². The zero-order valence-corrected chi connectivity index (χ0v) is 6.68. The highest BCUT2D eigenvalue weighted by atomic mass is 32.1. The molecular formula is C8H3NO2S. The Kier molecular flexibility index (Phi) is 2.47. The lowest BCUT2D eigenvalue weighted by molar-refractivity contribution is 0.0697. The molecular weight excluding hydrogens is 174 g/mol. The van der Waals surface area contributed by atoms with E-state index in [4.69, 9.17) is 10.4 Å². The third kappa shape index (κ3) is 1.85. The fraction of sp³-hybridized carbons (Fsp3) is 0. The summed E-state index contributed by atoms with van der Waals surface area (Å²) in [4.78, 5) is 11.0. The standard InChI is InChI=1S/C8H3NO2S/c9-3-1-2-7-4-6(5-12-7)8(10)11/h4-5H,(H,10,11). The molecule has 0 fully saturated rings. The predicted molar refractivity (Wildman–Crippen MR) is 43.8 cm³/mol. The van der Waals surface area contributed by atoms with Gasteiger partial charge in [0.05, 0.1) is 10.4 Å². The number of carboxylic acid groups (broad SMARTS) is 1. The van der Waals surface area contributed by atoms with Gasteiger partial charge in [-0.15, -0.1) is 11.3 Å². The van der Waals surface area contributed by atoms with E-state index in [-0.39, 0.29) is 5.56 Å². The zero-order chi connectivity index (χ0) is 8.97. The van der Waals surface area contributed by atoms with E-state index >= 15 is 0 Å². The van der Waals surface area contributed by atoms with E-state index in [9.17, 15) is 4.79 Å². The largest absolute Gasteiger partial charge is 0.478 e. The van der Waals surface area contributed by atoms with E-state index in [0.717, 1.165) is 0 Å². The average molecular weight is 177 g/mol. The second-order valence-corrected chi connectivity index (χ2v) is 2.78. The normalized spacial score (nSPS) is 7.92. The fourth-order valence-electron chi connectivity index (χ4n) is 0.603. The van der Waals surface area contributed by atoms with Crippen LogP contribution in [-0.4, -0.2) is 11.1 Å². The molecule has 0 aliphatic heterocycles. The first-order valence-corrected chi connectivity index (χ1v) is 3.84. The van der Waals surface area contributed by atoms with Crippen molar-refractivity contribution in [3.8, 4) is 17.9 Å². The molecule has 1 heterocycles. The van der Waals surface area contributed by atoms with Crippen molar-refractivity contribution in [2.24, 2.45) is 0 Å². The maximum atomic E-state index is 10.4. The Bertz CT molecular complexity index is 403. The Morgan fingerprint density at radius 2 is 2.42 bits per heavy atom. The molecule has 1 rings (SSSR count). The highest BCUT2D eigenvalue weighted by molar-refractivity contribution is 7.10. The van der Waals surface area contributed by atoms with Crippen LogP contribution in [0.25, 0.3) is 0 Å². The molecule has 4 heteroatoms. The number of hydrogen-bond donors (Lipinski definition) is 1. The summed E-state index contributed by atoms with van der Waals surface area (Å²) in [6.07, 6.45) is 0. The van der Waals surface area contributed by atoms with Crippen LogP contribution in [0.15, 0.2) is 11.4 Å². The third-order valence-corrected chi connectivity index (χ3v) is 1.93. The molecule has 1 aromatic heterocycles. The molecule has 0 radical (unpaired) electrons. The molecule has 0 saturated heterocycles. The van der Waals surface area contributed by atoms with Crippen molar-refractivity contribution in [1.29, 1.82) is 5.26 Å². The molecule has 0 amide bonds. The van der Waals surface area contributed by atoms with Gasteiger partial charge in [-0.25, -0.2) is 4.79 Å². The van der Waals surface area contributed by atoms with Crippen LogP contribution in [0.1, 0.15) is 15.2 Å². The first-order valence-electron chi connectivity index (χ1n) is 2.96. The summed E-state index contributed by atoms with van der Waals surface area (Å²) in [6, 6.07) is 3.09. The lowest BCUT2D eigenvalue weighted by Gasteiger charge is -1.79. The van der Waals surface area contributed by atoms with Gasteiger partial charge < -0.3 is 5.11 Å². The van der Waals surface area contributed by atoms with Gasteiger partial charge >= 0.3 is 5.97 Å². The third-order valence-electron chi connectivity index (χ3n) is 1.09. The van der Waals surface area contributed by atoms with Crippen molar-refractivity contribution in [2.45, 2.75) is 0 Å². The van der Waals surface area contributed by atoms with Crippen molar-refractivity contribution >= 4 is 17.3 Å². The number of thiophene rings is 1. The monoisotopic (exact) mass is 177 g/mol. The lowest BCUT2D eigenvalue weighted by Crippen LogP contribution is -1.91. The van der Waals surface area contributed by atoms with Crippen molar-refractivity contribution < 1.29 is 9.90 Å². The minimum absolute atomic E-state index is 0.210. The molecule has 0 unspecified atom stereocenters. The van der Waals surface area contributed by atoms with Gasteiger partial charge in [-0.1, -0.05) is 0 Å². The van der Waals surface area contributed by atoms with Crippen LogP contribution in [0.3, 0.4) is 0 Å². The van der Waals surface area contributed by atoms with Gasteiger partial charge in [0.15, 0.2) is 6.07 Å². The van der Waals surface area contributed by atoms with Crippen LogP contribution in [0.2, 0.25) is 0 Å². The highest BCUT2D eigenvalue weighted by Crippen LogP contribution is 2.12. The maximum Gasteiger partial charge on any atom is 0.336 e. The number of carboxylic acids is 1. The van der Waals surface area contributed by atoms with Crippen LogP contribution in [-0.2, 0) is 0 Å². The summed E-state index contributed by atoms with van der Waals surface area (Å²) < 4.78 is 0. The van der Waals surface area contributed by atoms with Crippen LogP contribution in [0.5, 0.6) is 0 Å². The summed E-state index contributed by atoms with van der Waals surface area (Å²) in [5.74, 6) is 3.73. The number of rotatable bonds is 1. The van der Waals surface area contributed by atoms with E-state index in [1.54, 1.807) is 6.07 Å². The number of carbonyl (C=O) groups is 1. The topological polar surface area (TPSA) is 61.1 Å². The Labute approximate surface area is 72.9 Å². The molecule has 0 bridgehead atoms. The summed E-state index contributed by atoms with van der Waals surface area (Å²) >= 11 is 1.21. The Morgan fingerprint density at radius 3 is 2.92 bits per heavy atom. The molecule has 0 aliphatic carbocycles. The Balaban J connectivity index is 2.94. The smallest absolute Gasteiger partial charge is 0.336 e. The lowest BCUT2D eigenvalue weighted by atomic mass is 10.3. The van der Waals surface area contributed by atoms with E-state index in [0.29, 0.717) is 4.88 Å². The van der Waals surface area contributed by atoms with Crippen LogP contribution in [0.4, 0.5) is 0 Å². The minimum Gasteiger partial charge on any atom is -0.478 e. The van der Waals surface area contributed by atoms with E-state index in [2.05, 4.69) is 11.8 Å². The molecule has 0 aliphatic rings. The second kappa shape index (κ2) is 3.56. The van der Waals surface area contributed by atoms with Gasteiger partial charge in [0.1, 0.15) is 0 Å². The van der Waals surface area contributed by atoms with Crippen molar-refractivity contribution in [3.05, 3.63) is 21.9 Å². The minimum atomic E-state index is -0.976.